The lowest BCUT2D eigenvalue weighted by Crippen LogP contribution is -2.05. The number of carboxylic acids is 1. The van der Waals surface area contributed by atoms with Crippen LogP contribution in [0.2, 0.25) is 0 Å². The predicted molar refractivity (Wildman–Crippen MR) is 66.1 cm³/mol. The Morgan fingerprint density at radius 1 is 1.53 bits per heavy atom. The van der Waals surface area contributed by atoms with E-state index in [1.165, 1.54) is 11.8 Å². The van der Waals surface area contributed by atoms with Gasteiger partial charge in [0.25, 0.3) is 0 Å². The van der Waals surface area contributed by atoms with Crippen molar-refractivity contribution in [1.29, 1.82) is 0 Å². The highest BCUT2D eigenvalue weighted by atomic mass is 32.2. The van der Waals surface area contributed by atoms with E-state index in [1.54, 1.807) is 23.9 Å². The van der Waals surface area contributed by atoms with Gasteiger partial charge in [-0.1, -0.05) is 0 Å². The Morgan fingerprint density at radius 2 is 2.32 bits per heavy atom. The number of tetrazole rings is 1. The summed E-state index contributed by atoms with van der Waals surface area (Å²) in [6, 6.07) is 2.02. The van der Waals surface area contributed by atoms with Gasteiger partial charge in [0, 0.05) is 6.20 Å². The van der Waals surface area contributed by atoms with Crippen LogP contribution in [0.4, 0.5) is 0 Å². The monoisotopic (exact) mass is 277 g/mol. The lowest BCUT2D eigenvalue weighted by atomic mass is 10.2. The number of rotatable bonds is 4. The molecule has 0 amide bonds. The molecule has 1 aliphatic rings. The molecule has 1 aliphatic carbocycles. The molecule has 19 heavy (non-hydrogen) atoms. The Morgan fingerprint density at radius 3 is 3.00 bits per heavy atom. The van der Waals surface area contributed by atoms with Gasteiger partial charge in [0.1, 0.15) is 5.03 Å². The molecule has 0 bridgehead atoms. The molecule has 1 N–H and O–H groups in total. The molecule has 3 rings (SSSR count). The van der Waals surface area contributed by atoms with Crippen LogP contribution >= 0.6 is 11.8 Å². The summed E-state index contributed by atoms with van der Waals surface area (Å²) in [7, 11) is 0. The SMILES string of the molecule is Cc1ccnc(Sc2nnnn2C2CC2)c1C(=O)O. The molecule has 0 radical (unpaired) electrons. The number of hydrogen-bond acceptors (Lipinski definition) is 6. The molecule has 1 saturated carbocycles. The van der Waals surface area contributed by atoms with Gasteiger partial charge >= 0.3 is 5.97 Å². The maximum atomic E-state index is 11.3. The van der Waals surface area contributed by atoms with Crippen molar-refractivity contribution in [2.24, 2.45) is 0 Å². The molecule has 0 aromatic carbocycles. The van der Waals surface area contributed by atoms with Crippen LogP contribution in [-0.2, 0) is 0 Å². The van der Waals surface area contributed by atoms with Gasteiger partial charge in [0.15, 0.2) is 0 Å². The highest BCUT2D eigenvalue weighted by Gasteiger charge is 2.29. The molecule has 8 heteroatoms. The summed E-state index contributed by atoms with van der Waals surface area (Å²) in [4.78, 5) is 15.4. The summed E-state index contributed by atoms with van der Waals surface area (Å²) in [6.07, 6.45) is 3.71. The summed E-state index contributed by atoms with van der Waals surface area (Å²) < 4.78 is 1.74. The Kier molecular flexibility index (Phi) is 2.94. The first-order chi connectivity index (χ1) is 9.16. The van der Waals surface area contributed by atoms with Crippen molar-refractivity contribution in [3.63, 3.8) is 0 Å². The van der Waals surface area contributed by atoms with E-state index in [0.717, 1.165) is 12.8 Å². The first-order valence-corrected chi connectivity index (χ1v) is 6.63. The standard InChI is InChI=1S/C11H11N5O2S/c1-6-4-5-12-9(8(6)10(17)18)19-11-13-14-15-16(11)7-2-3-7/h4-5,7H,2-3H2,1H3,(H,17,18). The van der Waals surface area contributed by atoms with Crippen molar-refractivity contribution in [3.8, 4) is 0 Å². The van der Waals surface area contributed by atoms with Crippen LogP contribution in [0.5, 0.6) is 0 Å². The second-order valence-electron chi connectivity index (χ2n) is 4.35. The van der Waals surface area contributed by atoms with Crippen LogP contribution in [0, 0.1) is 6.92 Å². The number of hydrogen-bond donors (Lipinski definition) is 1. The van der Waals surface area contributed by atoms with Crippen LogP contribution in [0.1, 0.15) is 34.8 Å². The fraction of sp³-hybridized carbons (Fsp3) is 0.364. The van der Waals surface area contributed by atoms with Crippen molar-refractivity contribution in [1.82, 2.24) is 25.2 Å². The molecule has 0 spiro atoms. The lowest BCUT2D eigenvalue weighted by Gasteiger charge is -2.06. The molecule has 98 valence electrons. The third kappa shape index (κ3) is 2.30. The van der Waals surface area contributed by atoms with Crippen LogP contribution < -0.4 is 0 Å². The summed E-state index contributed by atoms with van der Waals surface area (Å²) in [5, 5.41) is 21.8. The molecule has 1 fully saturated rings. The van der Waals surface area contributed by atoms with Gasteiger partial charge in [0.2, 0.25) is 5.16 Å². The minimum absolute atomic E-state index is 0.206. The molecular formula is C11H11N5O2S. The van der Waals surface area contributed by atoms with Gasteiger partial charge in [-0.2, -0.15) is 0 Å². The zero-order valence-corrected chi connectivity index (χ0v) is 11.0. The van der Waals surface area contributed by atoms with E-state index >= 15 is 0 Å². The molecule has 0 saturated heterocycles. The first kappa shape index (κ1) is 12.1. The number of aromatic carboxylic acids is 1. The number of carbonyl (C=O) groups is 1. The van der Waals surface area contributed by atoms with E-state index in [4.69, 9.17) is 0 Å². The number of carboxylic acid groups (broad SMARTS) is 1. The smallest absolute Gasteiger partial charge is 0.338 e. The highest BCUT2D eigenvalue weighted by molar-refractivity contribution is 7.99. The Hall–Kier alpha value is -1.96. The second kappa shape index (κ2) is 4.61. The van der Waals surface area contributed by atoms with Gasteiger partial charge < -0.3 is 5.11 Å². The number of pyridine rings is 1. The average Bonchev–Trinajstić information content (AvgIpc) is 3.10. The van der Waals surface area contributed by atoms with Gasteiger partial charge in [-0.25, -0.2) is 14.5 Å². The van der Waals surface area contributed by atoms with Crippen LogP contribution in [-0.4, -0.2) is 36.3 Å². The molecular weight excluding hydrogens is 266 g/mol. The van der Waals surface area contributed by atoms with Gasteiger partial charge in [-0.05, 0) is 53.6 Å². The number of aryl methyl sites for hydroxylation is 1. The third-order valence-electron chi connectivity index (χ3n) is 2.88. The van der Waals surface area contributed by atoms with Gasteiger partial charge in [-0.15, -0.1) is 5.10 Å². The summed E-state index contributed by atoms with van der Waals surface area (Å²) >= 11 is 1.19. The van der Waals surface area contributed by atoms with Crippen molar-refractivity contribution in [2.75, 3.05) is 0 Å². The number of aromatic nitrogens is 5. The fourth-order valence-electron chi connectivity index (χ4n) is 1.76. The van der Waals surface area contributed by atoms with Crippen LogP contribution in [0.3, 0.4) is 0 Å². The van der Waals surface area contributed by atoms with Gasteiger partial charge in [-0.3, -0.25) is 0 Å². The van der Waals surface area contributed by atoms with Crippen LogP contribution in [0.15, 0.2) is 22.4 Å². The van der Waals surface area contributed by atoms with Gasteiger partial charge in [0.05, 0.1) is 11.6 Å². The molecule has 2 aromatic rings. The van der Waals surface area contributed by atoms with E-state index in [-0.39, 0.29) is 5.56 Å². The summed E-state index contributed by atoms with van der Waals surface area (Å²) in [5.41, 5.74) is 0.883. The highest BCUT2D eigenvalue weighted by Crippen LogP contribution is 2.38. The molecule has 0 aliphatic heterocycles. The van der Waals surface area contributed by atoms with Crippen molar-refractivity contribution in [3.05, 3.63) is 23.4 Å². The zero-order valence-electron chi connectivity index (χ0n) is 10.1. The minimum atomic E-state index is -0.987. The van der Waals surface area contributed by atoms with E-state index in [9.17, 15) is 9.90 Å². The fourth-order valence-corrected chi connectivity index (χ4v) is 2.75. The third-order valence-corrected chi connectivity index (χ3v) is 3.84. The first-order valence-electron chi connectivity index (χ1n) is 5.81. The largest absolute Gasteiger partial charge is 0.478 e. The van der Waals surface area contributed by atoms with Crippen molar-refractivity contribution < 1.29 is 9.90 Å². The van der Waals surface area contributed by atoms with E-state index in [0.29, 0.717) is 21.8 Å². The van der Waals surface area contributed by atoms with E-state index in [2.05, 4.69) is 20.5 Å². The Bertz CT molecular complexity index is 638. The second-order valence-corrected chi connectivity index (χ2v) is 5.31. The lowest BCUT2D eigenvalue weighted by molar-refractivity contribution is 0.0691. The summed E-state index contributed by atoms with van der Waals surface area (Å²) in [5.74, 6) is -0.987. The molecule has 2 aromatic heterocycles. The quantitative estimate of drug-likeness (QED) is 0.906. The molecule has 7 nitrogen and oxygen atoms in total. The summed E-state index contributed by atoms with van der Waals surface area (Å²) in [6.45, 7) is 1.75. The van der Waals surface area contributed by atoms with E-state index in [1.807, 2.05) is 0 Å². The zero-order chi connectivity index (χ0) is 13.4. The maximum Gasteiger partial charge on any atom is 0.338 e. The van der Waals surface area contributed by atoms with Crippen molar-refractivity contribution in [2.45, 2.75) is 36.0 Å². The van der Waals surface area contributed by atoms with Crippen LogP contribution in [0.25, 0.3) is 0 Å². The Labute approximate surface area is 113 Å². The van der Waals surface area contributed by atoms with E-state index < -0.39 is 5.97 Å². The molecule has 0 atom stereocenters. The number of nitrogens with zero attached hydrogens (tertiary/aromatic N) is 5. The minimum Gasteiger partial charge on any atom is -0.478 e. The van der Waals surface area contributed by atoms with Crippen molar-refractivity contribution >= 4 is 17.7 Å². The predicted octanol–water partition coefficient (Wildman–Crippen LogP) is 1.56. The normalized spacial score (nSPS) is 14.6. The molecule has 2 heterocycles. The Balaban J connectivity index is 1.97. The topological polar surface area (TPSA) is 93.8 Å². The average molecular weight is 277 g/mol. The maximum absolute atomic E-state index is 11.3. The molecule has 0 unspecified atom stereocenters.